The zero-order chi connectivity index (χ0) is 19.0. The van der Waals surface area contributed by atoms with Gasteiger partial charge in [0.1, 0.15) is 11.8 Å². The summed E-state index contributed by atoms with van der Waals surface area (Å²) in [5.41, 5.74) is 4.29. The molecule has 138 valence electrons. The van der Waals surface area contributed by atoms with Crippen LogP contribution >= 0.6 is 11.6 Å². The van der Waals surface area contributed by atoms with Crippen LogP contribution < -0.4 is 15.4 Å². The van der Waals surface area contributed by atoms with E-state index in [1.807, 2.05) is 6.92 Å². The molecule has 4 nitrogen and oxygen atoms in total. The van der Waals surface area contributed by atoms with E-state index < -0.39 is 6.04 Å². The summed E-state index contributed by atoms with van der Waals surface area (Å²) in [5, 5.41) is 9.28. The van der Waals surface area contributed by atoms with Crippen LogP contribution in [-0.4, -0.2) is 19.1 Å². The normalized spacial score (nSPS) is 13.4. The molecule has 0 spiro atoms. The number of carbonyl (C=O) groups is 1. The maximum atomic E-state index is 12.7. The van der Waals surface area contributed by atoms with Gasteiger partial charge >= 0.3 is 0 Å². The molecule has 1 aliphatic carbocycles. The van der Waals surface area contributed by atoms with Crippen molar-refractivity contribution in [1.82, 2.24) is 0 Å². The average Bonchev–Trinajstić information content (AvgIpc) is 3.09. The predicted octanol–water partition coefficient (Wildman–Crippen LogP) is 5.04. The predicted molar refractivity (Wildman–Crippen MR) is 111 cm³/mol. The van der Waals surface area contributed by atoms with Crippen molar-refractivity contribution >= 4 is 39.7 Å². The first-order valence-corrected chi connectivity index (χ1v) is 9.39. The highest BCUT2D eigenvalue weighted by Crippen LogP contribution is 2.35. The van der Waals surface area contributed by atoms with Gasteiger partial charge in [0.2, 0.25) is 5.91 Å². The van der Waals surface area contributed by atoms with Crippen LogP contribution in [0.1, 0.15) is 18.1 Å². The summed E-state index contributed by atoms with van der Waals surface area (Å²) in [4.78, 5) is 12.7. The Balaban J connectivity index is 1.57. The molecule has 0 radical (unpaired) electrons. The zero-order valence-corrected chi connectivity index (χ0v) is 16.1. The summed E-state index contributed by atoms with van der Waals surface area (Å²) in [6.45, 7) is 1.84. The van der Waals surface area contributed by atoms with Crippen LogP contribution in [0, 0.1) is 0 Å². The fourth-order valence-corrected chi connectivity index (χ4v) is 3.86. The van der Waals surface area contributed by atoms with Gasteiger partial charge in [-0.15, -0.1) is 0 Å². The van der Waals surface area contributed by atoms with Crippen LogP contribution in [0.3, 0.4) is 0 Å². The number of hydrogen-bond acceptors (Lipinski definition) is 3. The lowest BCUT2D eigenvalue weighted by molar-refractivity contribution is -0.116. The zero-order valence-electron chi connectivity index (χ0n) is 15.3. The van der Waals surface area contributed by atoms with E-state index in [1.165, 1.54) is 21.9 Å². The van der Waals surface area contributed by atoms with Crippen molar-refractivity contribution in [3.05, 3.63) is 64.7 Å². The molecule has 0 bridgehead atoms. The number of ether oxygens (including phenoxy) is 1. The standard InChI is InChI=1S/C22H21ClN2O2/c1-13(22(26)25-19-12-16(23)9-11-20(19)27-2)24-18-10-8-15-7-6-14-4-3-5-17(18)21(14)15/h3-5,8-13,24H,6-7H2,1-2H3,(H,25,26). The molecule has 0 aliphatic heterocycles. The molecule has 0 heterocycles. The van der Waals surface area contributed by atoms with Crippen molar-refractivity contribution in [3.63, 3.8) is 0 Å². The number of aryl methyl sites for hydroxylation is 2. The fourth-order valence-electron chi connectivity index (χ4n) is 3.69. The van der Waals surface area contributed by atoms with E-state index in [0.29, 0.717) is 16.5 Å². The van der Waals surface area contributed by atoms with Gasteiger partial charge in [0.05, 0.1) is 12.8 Å². The van der Waals surface area contributed by atoms with Gasteiger partial charge < -0.3 is 15.4 Å². The lowest BCUT2D eigenvalue weighted by Gasteiger charge is -2.18. The third kappa shape index (κ3) is 3.33. The Bertz CT molecular complexity index is 1020. The Morgan fingerprint density at radius 1 is 1.07 bits per heavy atom. The number of methoxy groups -OCH3 is 1. The van der Waals surface area contributed by atoms with Crippen molar-refractivity contribution in [1.29, 1.82) is 0 Å². The van der Waals surface area contributed by atoms with Crippen LogP contribution in [0.4, 0.5) is 11.4 Å². The van der Waals surface area contributed by atoms with Crippen LogP contribution in [0.2, 0.25) is 5.02 Å². The average molecular weight is 381 g/mol. The minimum atomic E-state index is -0.424. The van der Waals surface area contributed by atoms with Gasteiger partial charge in [-0.3, -0.25) is 4.79 Å². The molecule has 0 saturated heterocycles. The number of rotatable bonds is 5. The van der Waals surface area contributed by atoms with E-state index in [9.17, 15) is 4.79 Å². The maximum absolute atomic E-state index is 12.7. The van der Waals surface area contributed by atoms with E-state index in [1.54, 1.807) is 25.3 Å². The van der Waals surface area contributed by atoms with Gasteiger partial charge in [0.25, 0.3) is 0 Å². The highest BCUT2D eigenvalue weighted by Gasteiger charge is 2.19. The van der Waals surface area contributed by atoms with Crippen LogP contribution in [-0.2, 0) is 17.6 Å². The third-order valence-electron chi connectivity index (χ3n) is 5.06. The topological polar surface area (TPSA) is 50.4 Å². The molecular formula is C22H21ClN2O2. The lowest BCUT2D eigenvalue weighted by atomic mass is 10.0. The summed E-state index contributed by atoms with van der Waals surface area (Å²) >= 11 is 6.04. The molecule has 0 saturated carbocycles. The monoisotopic (exact) mass is 380 g/mol. The van der Waals surface area contributed by atoms with E-state index in [-0.39, 0.29) is 5.91 Å². The second-order valence-electron chi connectivity index (χ2n) is 6.81. The first kappa shape index (κ1) is 17.7. The SMILES string of the molecule is COc1ccc(Cl)cc1NC(=O)C(C)Nc1ccc2c3c(cccc13)CC2. The highest BCUT2D eigenvalue weighted by atomic mass is 35.5. The van der Waals surface area contributed by atoms with Gasteiger partial charge in [0, 0.05) is 16.1 Å². The van der Waals surface area contributed by atoms with Gasteiger partial charge in [-0.1, -0.05) is 35.9 Å². The molecule has 2 N–H and O–H groups in total. The Kier molecular flexibility index (Phi) is 4.66. The summed E-state index contributed by atoms with van der Waals surface area (Å²) in [6, 6.07) is 15.3. The number of hydrogen-bond donors (Lipinski definition) is 2. The molecule has 0 aromatic heterocycles. The summed E-state index contributed by atoms with van der Waals surface area (Å²) in [7, 11) is 1.56. The smallest absolute Gasteiger partial charge is 0.246 e. The number of anilines is 2. The second kappa shape index (κ2) is 7.12. The molecule has 1 aliphatic rings. The number of carbonyl (C=O) groups excluding carboxylic acids is 1. The summed E-state index contributed by atoms with van der Waals surface area (Å²) in [5.74, 6) is 0.420. The van der Waals surface area contributed by atoms with Crippen molar-refractivity contribution in [3.8, 4) is 5.75 Å². The largest absolute Gasteiger partial charge is 0.495 e. The first-order chi connectivity index (χ1) is 13.1. The van der Waals surface area contributed by atoms with Crippen molar-refractivity contribution in [2.24, 2.45) is 0 Å². The molecule has 3 aromatic rings. The van der Waals surface area contributed by atoms with Gasteiger partial charge in [-0.2, -0.15) is 0 Å². The Labute approximate surface area is 163 Å². The first-order valence-electron chi connectivity index (χ1n) is 9.01. The molecule has 1 atom stereocenters. The Morgan fingerprint density at radius 2 is 1.85 bits per heavy atom. The summed E-state index contributed by atoms with van der Waals surface area (Å²) < 4.78 is 5.30. The number of nitrogens with one attached hydrogen (secondary N) is 2. The molecule has 3 aromatic carbocycles. The fraction of sp³-hybridized carbons (Fsp3) is 0.227. The van der Waals surface area contributed by atoms with E-state index in [0.717, 1.165) is 18.5 Å². The summed E-state index contributed by atoms with van der Waals surface area (Å²) in [6.07, 6.45) is 2.17. The molecule has 1 unspecified atom stereocenters. The lowest BCUT2D eigenvalue weighted by Crippen LogP contribution is -2.32. The third-order valence-corrected chi connectivity index (χ3v) is 5.30. The van der Waals surface area contributed by atoms with E-state index in [4.69, 9.17) is 16.3 Å². The Hall–Kier alpha value is -2.72. The quantitative estimate of drug-likeness (QED) is 0.652. The van der Waals surface area contributed by atoms with Gasteiger partial charge in [-0.25, -0.2) is 0 Å². The number of halogens is 1. The Morgan fingerprint density at radius 3 is 2.63 bits per heavy atom. The minimum Gasteiger partial charge on any atom is -0.495 e. The second-order valence-corrected chi connectivity index (χ2v) is 7.25. The van der Waals surface area contributed by atoms with Crippen LogP contribution in [0.25, 0.3) is 10.8 Å². The minimum absolute atomic E-state index is 0.154. The maximum Gasteiger partial charge on any atom is 0.246 e. The highest BCUT2D eigenvalue weighted by molar-refractivity contribution is 6.31. The van der Waals surface area contributed by atoms with E-state index in [2.05, 4.69) is 41.0 Å². The molecule has 0 fully saturated rings. The molecular weight excluding hydrogens is 360 g/mol. The van der Waals surface area contributed by atoms with E-state index >= 15 is 0 Å². The number of benzene rings is 3. The number of amides is 1. The molecule has 27 heavy (non-hydrogen) atoms. The van der Waals surface area contributed by atoms with Gasteiger partial charge in [0.15, 0.2) is 0 Å². The van der Waals surface area contributed by atoms with Crippen molar-refractivity contribution in [2.75, 3.05) is 17.7 Å². The van der Waals surface area contributed by atoms with Crippen LogP contribution in [0.15, 0.2) is 48.5 Å². The molecule has 5 heteroatoms. The van der Waals surface area contributed by atoms with Crippen molar-refractivity contribution in [2.45, 2.75) is 25.8 Å². The molecule has 4 rings (SSSR count). The van der Waals surface area contributed by atoms with Crippen molar-refractivity contribution < 1.29 is 9.53 Å². The van der Waals surface area contributed by atoms with Gasteiger partial charge in [-0.05, 0) is 60.5 Å². The molecule has 1 amide bonds. The van der Waals surface area contributed by atoms with Crippen LogP contribution in [0.5, 0.6) is 5.75 Å².